The van der Waals surface area contributed by atoms with E-state index in [-0.39, 0.29) is 11.4 Å². The van der Waals surface area contributed by atoms with E-state index in [4.69, 9.17) is 0 Å². The monoisotopic (exact) mass is 312 g/mol. The Bertz CT molecular complexity index is 618. The average Bonchev–Trinajstić information content (AvgIpc) is 2.51. The second-order valence-electron chi connectivity index (χ2n) is 6.51. The Balaban J connectivity index is 1.77. The van der Waals surface area contributed by atoms with Gasteiger partial charge in [0.05, 0.1) is 12.4 Å². The Labute approximate surface area is 137 Å². The van der Waals surface area contributed by atoms with Crippen molar-refractivity contribution in [2.24, 2.45) is 0 Å². The van der Waals surface area contributed by atoms with E-state index in [0.29, 0.717) is 18.1 Å². The highest BCUT2D eigenvalue weighted by atomic mass is 16.1. The molecule has 2 aromatic rings. The van der Waals surface area contributed by atoms with Crippen molar-refractivity contribution in [2.45, 2.75) is 39.2 Å². The minimum absolute atomic E-state index is 0.0874. The number of rotatable bonds is 6. The van der Waals surface area contributed by atoms with E-state index in [0.717, 1.165) is 12.8 Å². The molecule has 0 saturated carbocycles. The third-order valence-electron chi connectivity index (χ3n) is 3.16. The molecule has 0 fully saturated rings. The van der Waals surface area contributed by atoms with Gasteiger partial charge >= 0.3 is 0 Å². The Kier molecular flexibility index (Phi) is 5.68. The number of aryl methyl sites for hydroxylation is 1. The molecule has 0 radical (unpaired) electrons. The molecule has 5 nitrogen and oxygen atoms in total. The molecule has 0 unspecified atom stereocenters. The highest BCUT2D eigenvalue weighted by molar-refractivity contribution is 5.91. The summed E-state index contributed by atoms with van der Waals surface area (Å²) in [5.74, 6) is 0.478. The Morgan fingerprint density at radius 1 is 1.09 bits per heavy atom. The van der Waals surface area contributed by atoms with Crippen molar-refractivity contribution in [3.63, 3.8) is 0 Å². The third-order valence-corrected chi connectivity index (χ3v) is 3.16. The lowest BCUT2D eigenvalue weighted by atomic mass is 10.1. The smallest absolute Gasteiger partial charge is 0.271 e. The van der Waals surface area contributed by atoms with Crippen LogP contribution in [0.5, 0.6) is 0 Å². The fourth-order valence-electron chi connectivity index (χ4n) is 2.12. The SMILES string of the molecule is CC(C)(C)Nc1cnc(C(=O)NCCCc2ccccc2)cn1. The van der Waals surface area contributed by atoms with Gasteiger partial charge in [-0.3, -0.25) is 4.79 Å². The van der Waals surface area contributed by atoms with Gasteiger partial charge in [-0.25, -0.2) is 9.97 Å². The molecule has 23 heavy (non-hydrogen) atoms. The normalized spacial score (nSPS) is 11.1. The maximum absolute atomic E-state index is 12.0. The van der Waals surface area contributed by atoms with Crippen LogP contribution in [-0.4, -0.2) is 28.0 Å². The van der Waals surface area contributed by atoms with Gasteiger partial charge in [-0.2, -0.15) is 0 Å². The van der Waals surface area contributed by atoms with E-state index in [9.17, 15) is 4.79 Å². The lowest BCUT2D eigenvalue weighted by Gasteiger charge is -2.20. The van der Waals surface area contributed by atoms with Crippen LogP contribution in [0.2, 0.25) is 0 Å². The molecule has 1 aromatic heterocycles. The number of anilines is 1. The van der Waals surface area contributed by atoms with Crippen LogP contribution in [0.4, 0.5) is 5.82 Å². The second-order valence-corrected chi connectivity index (χ2v) is 6.51. The summed E-state index contributed by atoms with van der Waals surface area (Å²) in [5.41, 5.74) is 1.53. The van der Waals surface area contributed by atoms with E-state index < -0.39 is 0 Å². The van der Waals surface area contributed by atoms with Gasteiger partial charge < -0.3 is 10.6 Å². The summed E-state index contributed by atoms with van der Waals surface area (Å²) in [6.07, 6.45) is 4.93. The summed E-state index contributed by atoms with van der Waals surface area (Å²) in [6, 6.07) is 10.2. The molecule has 1 heterocycles. The van der Waals surface area contributed by atoms with E-state index in [2.05, 4.69) is 32.7 Å². The molecule has 1 amide bonds. The van der Waals surface area contributed by atoms with Crippen LogP contribution in [0.3, 0.4) is 0 Å². The van der Waals surface area contributed by atoms with Crippen LogP contribution in [0.15, 0.2) is 42.7 Å². The fraction of sp³-hybridized carbons (Fsp3) is 0.389. The number of hydrogen-bond donors (Lipinski definition) is 2. The zero-order chi connectivity index (χ0) is 16.7. The van der Waals surface area contributed by atoms with Gasteiger partial charge in [-0.1, -0.05) is 30.3 Å². The van der Waals surface area contributed by atoms with E-state index in [1.165, 1.54) is 11.8 Å². The minimum atomic E-state index is -0.187. The lowest BCUT2D eigenvalue weighted by Crippen LogP contribution is -2.28. The highest BCUT2D eigenvalue weighted by Crippen LogP contribution is 2.10. The summed E-state index contributed by atoms with van der Waals surface area (Å²) in [6.45, 7) is 6.75. The number of benzene rings is 1. The largest absolute Gasteiger partial charge is 0.364 e. The number of hydrogen-bond acceptors (Lipinski definition) is 4. The van der Waals surface area contributed by atoms with Gasteiger partial charge in [-0.05, 0) is 39.2 Å². The molecule has 0 aliphatic carbocycles. The molecule has 0 atom stereocenters. The Morgan fingerprint density at radius 2 is 1.83 bits per heavy atom. The topological polar surface area (TPSA) is 66.9 Å². The van der Waals surface area contributed by atoms with Crippen molar-refractivity contribution < 1.29 is 4.79 Å². The van der Waals surface area contributed by atoms with Crippen molar-refractivity contribution >= 4 is 11.7 Å². The first-order valence-electron chi connectivity index (χ1n) is 7.86. The first kappa shape index (κ1) is 16.9. The van der Waals surface area contributed by atoms with Crippen molar-refractivity contribution in [2.75, 3.05) is 11.9 Å². The maximum atomic E-state index is 12.0. The second kappa shape index (κ2) is 7.72. The summed E-state index contributed by atoms with van der Waals surface area (Å²) < 4.78 is 0. The van der Waals surface area contributed by atoms with Gasteiger partial charge in [0.2, 0.25) is 0 Å². The van der Waals surface area contributed by atoms with Crippen molar-refractivity contribution in [1.82, 2.24) is 15.3 Å². The van der Waals surface area contributed by atoms with Gasteiger partial charge in [0.15, 0.2) is 0 Å². The molecule has 1 aromatic carbocycles. The fourth-order valence-corrected chi connectivity index (χ4v) is 2.12. The van der Waals surface area contributed by atoms with Crippen LogP contribution >= 0.6 is 0 Å². The van der Waals surface area contributed by atoms with Crippen molar-refractivity contribution in [3.05, 3.63) is 54.0 Å². The highest BCUT2D eigenvalue weighted by Gasteiger charge is 2.12. The first-order valence-corrected chi connectivity index (χ1v) is 7.86. The molecule has 0 aliphatic rings. The van der Waals surface area contributed by atoms with Crippen LogP contribution < -0.4 is 10.6 Å². The minimum Gasteiger partial charge on any atom is -0.364 e. The number of nitrogens with zero attached hydrogens (tertiary/aromatic N) is 2. The summed E-state index contributed by atoms with van der Waals surface area (Å²) in [4.78, 5) is 20.4. The van der Waals surface area contributed by atoms with Crippen LogP contribution in [0.1, 0.15) is 43.2 Å². The van der Waals surface area contributed by atoms with Crippen LogP contribution in [0, 0.1) is 0 Å². The van der Waals surface area contributed by atoms with E-state index in [1.807, 2.05) is 39.0 Å². The third kappa shape index (κ3) is 6.06. The lowest BCUT2D eigenvalue weighted by molar-refractivity contribution is 0.0948. The molecule has 2 rings (SSSR count). The number of nitrogens with one attached hydrogen (secondary N) is 2. The molecule has 5 heteroatoms. The molecule has 0 aliphatic heterocycles. The standard InChI is InChI=1S/C18H24N4O/c1-18(2,3)22-16-13-20-15(12-21-16)17(23)19-11-7-10-14-8-5-4-6-9-14/h4-6,8-9,12-13H,7,10-11H2,1-3H3,(H,19,23)(H,21,22). The summed E-state index contributed by atoms with van der Waals surface area (Å²) >= 11 is 0. The van der Waals surface area contributed by atoms with Crippen LogP contribution in [-0.2, 0) is 6.42 Å². The number of aromatic nitrogens is 2. The summed E-state index contributed by atoms with van der Waals surface area (Å²) in [5, 5.41) is 6.09. The molecule has 0 spiro atoms. The van der Waals surface area contributed by atoms with E-state index >= 15 is 0 Å². The quantitative estimate of drug-likeness (QED) is 0.805. The first-order chi connectivity index (χ1) is 10.9. The molecular weight excluding hydrogens is 288 g/mol. The van der Waals surface area contributed by atoms with Gasteiger partial charge in [-0.15, -0.1) is 0 Å². The maximum Gasteiger partial charge on any atom is 0.271 e. The van der Waals surface area contributed by atoms with Crippen molar-refractivity contribution in [3.8, 4) is 0 Å². The van der Waals surface area contributed by atoms with Crippen molar-refractivity contribution in [1.29, 1.82) is 0 Å². The van der Waals surface area contributed by atoms with Gasteiger partial charge in [0, 0.05) is 12.1 Å². The number of carbonyl (C=O) groups excluding carboxylic acids is 1. The zero-order valence-corrected chi connectivity index (χ0v) is 14.0. The predicted molar refractivity (Wildman–Crippen MR) is 92.5 cm³/mol. The number of amides is 1. The van der Waals surface area contributed by atoms with Gasteiger partial charge in [0.25, 0.3) is 5.91 Å². The average molecular weight is 312 g/mol. The Morgan fingerprint density at radius 3 is 2.43 bits per heavy atom. The summed E-state index contributed by atoms with van der Waals surface area (Å²) in [7, 11) is 0. The molecule has 0 bridgehead atoms. The molecule has 0 saturated heterocycles. The Hall–Kier alpha value is -2.43. The molecule has 2 N–H and O–H groups in total. The van der Waals surface area contributed by atoms with Crippen LogP contribution in [0.25, 0.3) is 0 Å². The predicted octanol–water partition coefficient (Wildman–Crippen LogP) is 3.05. The zero-order valence-electron chi connectivity index (χ0n) is 14.0. The van der Waals surface area contributed by atoms with Gasteiger partial charge in [0.1, 0.15) is 11.5 Å². The molecular formula is C18H24N4O. The number of carbonyl (C=O) groups is 1. The molecule has 122 valence electrons. The van der Waals surface area contributed by atoms with E-state index in [1.54, 1.807) is 6.20 Å².